The number of hydrogen-bond acceptors (Lipinski definition) is 4. The lowest BCUT2D eigenvalue weighted by Crippen LogP contribution is -2.41. The Morgan fingerprint density at radius 2 is 2.29 bits per heavy atom. The molecule has 17 heavy (non-hydrogen) atoms. The third-order valence-electron chi connectivity index (χ3n) is 2.43. The van der Waals surface area contributed by atoms with Gasteiger partial charge in [0.2, 0.25) is 11.8 Å². The molecule has 0 fully saturated rings. The molecular formula is C12H21N3O2. The van der Waals surface area contributed by atoms with Gasteiger partial charge in [0.05, 0.1) is 18.8 Å². The molecule has 1 amide bonds. The molecule has 0 aromatic carbocycles. The second-order valence-electron chi connectivity index (χ2n) is 4.53. The van der Waals surface area contributed by atoms with Crippen LogP contribution in [-0.4, -0.2) is 16.9 Å². The van der Waals surface area contributed by atoms with Gasteiger partial charge < -0.3 is 15.5 Å². The summed E-state index contributed by atoms with van der Waals surface area (Å²) in [7, 11) is 0. The molecule has 96 valence electrons. The highest BCUT2D eigenvalue weighted by Crippen LogP contribution is 2.05. The van der Waals surface area contributed by atoms with Crippen molar-refractivity contribution in [2.24, 2.45) is 11.7 Å². The van der Waals surface area contributed by atoms with Crippen LogP contribution in [0.3, 0.4) is 0 Å². The van der Waals surface area contributed by atoms with E-state index in [0.29, 0.717) is 24.8 Å². The van der Waals surface area contributed by atoms with E-state index in [1.54, 1.807) is 6.20 Å². The zero-order chi connectivity index (χ0) is 12.8. The molecule has 0 aliphatic rings. The largest absolute Gasteiger partial charge is 0.444 e. The first-order valence-electron chi connectivity index (χ1n) is 5.99. The quantitative estimate of drug-likeness (QED) is 0.782. The molecule has 0 bridgehead atoms. The molecule has 5 nitrogen and oxygen atoms in total. The number of nitrogens with zero attached hydrogens (tertiary/aromatic N) is 1. The van der Waals surface area contributed by atoms with Gasteiger partial charge in [-0.25, -0.2) is 4.98 Å². The van der Waals surface area contributed by atoms with Crippen molar-refractivity contribution in [3.05, 3.63) is 17.8 Å². The number of carbonyl (C=O) groups is 1. The summed E-state index contributed by atoms with van der Waals surface area (Å²) in [5.74, 6) is 1.59. The molecule has 0 spiro atoms. The summed E-state index contributed by atoms with van der Waals surface area (Å²) >= 11 is 0. The van der Waals surface area contributed by atoms with Gasteiger partial charge in [-0.3, -0.25) is 4.79 Å². The Kier molecular flexibility index (Phi) is 5.15. The van der Waals surface area contributed by atoms with Crippen molar-refractivity contribution >= 4 is 5.91 Å². The number of hydrogen-bond donors (Lipinski definition) is 2. The first-order valence-corrected chi connectivity index (χ1v) is 5.99. The number of nitrogens with two attached hydrogens (primary N) is 1. The van der Waals surface area contributed by atoms with Gasteiger partial charge in [-0.2, -0.15) is 0 Å². The normalized spacial score (nSPS) is 12.8. The lowest BCUT2D eigenvalue weighted by atomic mass is 10.0. The molecule has 0 radical (unpaired) electrons. The average Bonchev–Trinajstić information content (AvgIpc) is 2.72. The number of aryl methyl sites for hydroxylation is 1. The van der Waals surface area contributed by atoms with Crippen LogP contribution in [0.25, 0.3) is 0 Å². The number of nitrogens with one attached hydrogen (secondary N) is 1. The Balaban J connectivity index is 2.37. The van der Waals surface area contributed by atoms with Crippen LogP contribution in [0.15, 0.2) is 10.6 Å². The predicted molar refractivity (Wildman–Crippen MR) is 65.2 cm³/mol. The van der Waals surface area contributed by atoms with Gasteiger partial charge >= 0.3 is 0 Å². The molecule has 1 aromatic rings. The van der Waals surface area contributed by atoms with Gasteiger partial charge in [-0.1, -0.05) is 20.8 Å². The fraction of sp³-hybridized carbons (Fsp3) is 0.667. The first kappa shape index (κ1) is 13.7. The van der Waals surface area contributed by atoms with E-state index < -0.39 is 6.04 Å². The molecule has 0 unspecified atom stereocenters. The summed E-state index contributed by atoms with van der Waals surface area (Å²) in [5.41, 5.74) is 5.75. The third kappa shape index (κ3) is 4.56. The lowest BCUT2D eigenvalue weighted by molar-refractivity contribution is -0.122. The highest BCUT2D eigenvalue weighted by Gasteiger charge is 2.15. The van der Waals surface area contributed by atoms with Crippen molar-refractivity contribution in [3.63, 3.8) is 0 Å². The minimum absolute atomic E-state index is 0.157. The average molecular weight is 239 g/mol. The van der Waals surface area contributed by atoms with E-state index in [1.807, 2.05) is 20.8 Å². The molecule has 1 aromatic heterocycles. The van der Waals surface area contributed by atoms with Crippen LogP contribution < -0.4 is 11.1 Å². The van der Waals surface area contributed by atoms with Crippen molar-refractivity contribution in [2.75, 3.05) is 0 Å². The standard InChI is InChI=1S/C12H21N3O2/c1-4-9-6-14-11(17-9)7-15-12(16)10(13)5-8(2)3/h6,8,10H,4-5,7,13H2,1-3H3,(H,15,16)/t10-/m1/s1. The zero-order valence-electron chi connectivity index (χ0n) is 10.7. The smallest absolute Gasteiger partial charge is 0.237 e. The zero-order valence-corrected chi connectivity index (χ0v) is 10.7. The second-order valence-corrected chi connectivity index (χ2v) is 4.53. The fourth-order valence-electron chi connectivity index (χ4n) is 1.50. The fourth-order valence-corrected chi connectivity index (χ4v) is 1.50. The van der Waals surface area contributed by atoms with E-state index in [-0.39, 0.29) is 5.91 Å². The van der Waals surface area contributed by atoms with Crippen LogP contribution in [0.5, 0.6) is 0 Å². The Bertz CT molecular complexity index is 360. The van der Waals surface area contributed by atoms with Gasteiger partial charge in [0.25, 0.3) is 0 Å². The van der Waals surface area contributed by atoms with Crippen molar-refractivity contribution in [2.45, 2.75) is 46.2 Å². The highest BCUT2D eigenvalue weighted by molar-refractivity contribution is 5.81. The maximum absolute atomic E-state index is 11.6. The van der Waals surface area contributed by atoms with E-state index in [2.05, 4.69) is 10.3 Å². The highest BCUT2D eigenvalue weighted by atomic mass is 16.4. The maximum atomic E-state index is 11.6. The first-order chi connectivity index (χ1) is 8.02. The summed E-state index contributed by atoms with van der Waals surface area (Å²) in [6, 6.07) is -0.462. The second kappa shape index (κ2) is 6.39. The molecule has 1 rings (SSSR count). The topological polar surface area (TPSA) is 81.2 Å². The summed E-state index contributed by atoms with van der Waals surface area (Å²) in [6.07, 6.45) is 3.15. The van der Waals surface area contributed by atoms with Gasteiger partial charge in [0.15, 0.2) is 0 Å². The molecule has 1 atom stereocenters. The summed E-state index contributed by atoms with van der Waals surface area (Å²) in [5, 5.41) is 2.72. The van der Waals surface area contributed by atoms with E-state index in [9.17, 15) is 4.79 Å². The van der Waals surface area contributed by atoms with E-state index in [4.69, 9.17) is 10.2 Å². The SMILES string of the molecule is CCc1cnc(CNC(=O)[C@H](N)CC(C)C)o1. The van der Waals surface area contributed by atoms with Crippen LogP contribution in [0, 0.1) is 5.92 Å². The van der Waals surface area contributed by atoms with E-state index in [1.165, 1.54) is 0 Å². The van der Waals surface area contributed by atoms with Crippen molar-refractivity contribution in [1.29, 1.82) is 0 Å². The summed E-state index contributed by atoms with van der Waals surface area (Å²) in [6.45, 7) is 6.36. The van der Waals surface area contributed by atoms with Crippen molar-refractivity contribution in [3.8, 4) is 0 Å². The number of rotatable bonds is 6. The van der Waals surface area contributed by atoms with Crippen LogP contribution in [0.1, 0.15) is 38.8 Å². The van der Waals surface area contributed by atoms with E-state index in [0.717, 1.165) is 12.2 Å². The van der Waals surface area contributed by atoms with Crippen LogP contribution >= 0.6 is 0 Å². The number of oxazole rings is 1. The Morgan fingerprint density at radius 1 is 1.59 bits per heavy atom. The number of aromatic nitrogens is 1. The van der Waals surface area contributed by atoms with Crippen molar-refractivity contribution in [1.82, 2.24) is 10.3 Å². The predicted octanol–water partition coefficient (Wildman–Crippen LogP) is 1.23. The van der Waals surface area contributed by atoms with Gasteiger partial charge in [-0.05, 0) is 12.3 Å². The van der Waals surface area contributed by atoms with Crippen molar-refractivity contribution < 1.29 is 9.21 Å². The summed E-state index contributed by atoms with van der Waals surface area (Å²) in [4.78, 5) is 15.7. The molecule has 3 N–H and O–H groups in total. The van der Waals surface area contributed by atoms with Gasteiger partial charge in [-0.15, -0.1) is 0 Å². The number of amides is 1. The van der Waals surface area contributed by atoms with Crippen LogP contribution in [0.2, 0.25) is 0 Å². The molecule has 0 saturated carbocycles. The van der Waals surface area contributed by atoms with Gasteiger partial charge in [0, 0.05) is 6.42 Å². The Hall–Kier alpha value is -1.36. The van der Waals surface area contributed by atoms with Gasteiger partial charge in [0.1, 0.15) is 5.76 Å². The molecular weight excluding hydrogens is 218 g/mol. The molecule has 0 saturated heterocycles. The number of carbonyl (C=O) groups excluding carboxylic acids is 1. The van der Waals surface area contributed by atoms with Crippen LogP contribution in [0.4, 0.5) is 0 Å². The molecule has 1 heterocycles. The van der Waals surface area contributed by atoms with Crippen LogP contribution in [-0.2, 0) is 17.8 Å². The molecule has 0 aliphatic heterocycles. The molecule has 0 aliphatic carbocycles. The minimum atomic E-state index is -0.462. The Labute approximate surface area is 102 Å². The maximum Gasteiger partial charge on any atom is 0.237 e. The minimum Gasteiger partial charge on any atom is -0.444 e. The molecule has 5 heteroatoms. The summed E-state index contributed by atoms with van der Waals surface area (Å²) < 4.78 is 5.38. The lowest BCUT2D eigenvalue weighted by Gasteiger charge is -2.13. The Morgan fingerprint density at radius 3 is 2.82 bits per heavy atom. The van der Waals surface area contributed by atoms with E-state index >= 15 is 0 Å². The third-order valence-corrected chi connectivity index (χ3v) is 2.43. The monoisotopic (exact) mass is 239 g/mol.